The quantitative estimate of drug-likeness (QED) is 0.307. The Bertz CT molecular complexity index is 1330. The summed E-state index contributed by atoms with van der Waals surface area (Å²) in [4.78, 5) is 12.7. The number of aryl methyl sites for hydroxylation is 1. The fraction of sp³-hybridized carbons (Fsp3) is 0.207. The lowest BCUT2D eigenvalue weighted by Gasteiger charge is -2.12. The van der Waals surface area contributed by atoms with Gasteiger partial charge in [0.05, 0.1) is 20.0 Å². The van der Waals surface area contributed by atoms with Crippen molar-refractivity contribution in [2.24, 2.45) is 0 Å². The van der Waals surface area contributed by atoms with Crippen LogP contribution >= 0.6 is 0 Å². The number of benzene rings is 3. The van der Waals surface area contributed by atoms with Crippen LogP contribution in [-0.4, -0.2) is 19.6 Å². The van der Waals surface area contributed by atoms with Gasteiger partial charge in [0, 0.05) is 35.2 Å². The molecule has 1 N–H and O–H groups in total. The van der Waals surface area contributed by atoms with Crippen LogP contribution in [0.25, 0.3) is 27.7 Å². The summed E-state index contributed by atoms with van der Waals surface area (Å²) in [6.07, 6.45) is 3.38. The Hall–Kier alpha value is -3.99. The molecule has 0 unspecified atom stereocenters. The van der Waals surface area contributed by atoms with Gasteiger partial charge >= 0.3 is 0 Å². The summed E-state index contributed by atoms with van der Waals surface area (Å²) in [5, 5.41) is 3.93. The summed E-state index contributed by atoms with van der Waals surface area (Å²) in [5.41, 5.74) is 6.68. The maximum absolute atomic E-state index is 12.7. The van der Waals surface area contributed by atoms with Gasteiger partial charge in [-0.3, -0.25) is 4.79 Å². The van der Waals surface area contributed by atoms with E-state index in [0.717, 1.165) is 44.5 Å². The Morgan fingerprint density at radius 3 is 2.62 bits per heavy atom. The molecule has 0 saturated heterocycles. The molecule has 0 spiro atoms. The summed E-state index contributed by atoms with van der Waals surface area (Å²) in [6.45, 7) is 6.85. The SMILES string of the molecule is CCOc1cc2occ(-c3ccc(C)cc3)c2cc1/C(C)=C/C(=O)NCc1cccc(OC)c1. The van der Waals surface area contributed by atoms with E-state index in [2.05, 4.69) is 36.5 Å². The van der Waals surface area contributed by atoms with Crippen LogP contribution in [0.15, 0.2) is 77.4 Å². The van der Waals surface area contributed by atoms with Crippen molar-refractivity contribution in [1.82, 2.24) is 5.32 Å². The highest BCUT2D eigenvalue weighted by atomic mass is 16.5. The number of ether oxygens (including phenoxy) is 2. The van der Waals surface area contributed by atoms with E-state index < -0.39 is 0 Å². The number of rotatable bonds is 8. The van der Waals surface area contributed by atoms with Gasteiger partial charge in [0.2, 0.25) is 5.91 Å². The fourth-order valence-corrected chi connectivity index (χ4v) is 3.89. The van der Waals surface area contributed by atoms with Gasteiger partial charge in [0.1, 0.15) is 17.1 Å². The first-order valence-electron chi connectivity index (χ1n) is 11.3. The summed E-state index contributed by atoms with van der Waals surface area (Å²) in [7, 11) is 1.63. The van der Waals surface area contributed by atoms with Gasteiger partial charge in [0.15, 0.2) is 0 Å². The number of furan rings is 1. The van der Waals surface area contributed by atoms with Gasteiger partial charge < -0.3 is 19.2 Å². The zero-order chi connectivity index (χ0) is 24.1. The van der Waals surface area contributed by atoms with Crippen molar-refractivity contribution in [1.29, 1.82) is 0 Å². The third-order valence-electron chi connectivity index (χ3n) is 5.71. The zero-order valence-electron chi connectivity index (χ0n) is 20.0. The number of fused-ring (bicyclic) bond motifs is 1. The van der Waals surface area contributed by atoms with Crippen molar-refractivity contribution in [3.8, 4) is 22.6 Å². The van der Waals surface area contributed by atoms with Crippen LogP contribution in [0.5, 0.6) is 11.5 Å². The molecule has 1 aromatic heterocycles. The van der Waals surface area contributed by atoms with E-state index in [1.165, 1.54) is 5.56 Å². The lowest BCUT2D eigenvalue weighted by molar-refractivity contribution is -0.116. The average molecular weight is 456 g/mol. The highest BCUT2D eigenvalue weighted by Crippen LogP contribution is 2.37. The smallest absolute Gasteiger partial charge is 0.244 e. The Kier molecular flexibility index (Phi) is 7.02. The monoisotopic (exact) mass is 455 g/mol. The van der Waals surface area contributed by atoms with Crippen molar-refractivity contribution in [2.45, 2.75) is 27.3 Å². The second kappa shape index (κ2) is 10.3. The first-order chi connectivity index (χ1) is 16.5. The van der Waals surface area contributed by atoms with Crippen LogP contribution in [0.4, 0.5) is 0 Å². The minimum absolute atomic E-state index is 0.172. The molecule has 3 aromatic carbocycles. The summed E-state index contributed by atoms with van der Waals surface area (Å²) >= 11 is 0. The normalized spacial score (nSPS) is 11.5. The second-order valence-electron chi connectivity index (χ2n) is 8.19. The molecule has 0 aliphatic heterocycles. The van der Waals surface area contributed by atoms with Crippen LogP contribution in [0.1, 0.15) is 30.5 Å². The highest BCUT2D eigenvalue weighted by Gasteiger charge is 2.15. The van der Waals surface area contributed by atoms with Crippen LogP contribution in [0, 0.1) is 6.92 Å². The first-order valence-corrected chi connectivity index (χ1v) is 11.3. The van der Waals surface area contributed by atoms with E-state index in [-0.39, 0.29) is 5.91 Å². The third-order valence-corrected chi connectivity index (χ3v) is 5.71. The molecule has 5 heteroatoms. The summed E-state index contributed by atoms with van der Waals surface area (Å²) in [5.74, 6) is 1.28. The van der Waals surface area contributed by atoms with E-state index in [9.17, 15) is 4.79 Å². The molecule has 4 aromatic rings. The maximum atomic E-state index is 12.7. The number of carbonyl (C=O) groups is 1. The molecule has 0 atom stereocenters. The van der Waals surface area contributed by atoms with Crippen molar-refractivity contribution in [2.75, 3.05) is 13.7 Å². The van der Waals surface area contributed by atoms with Gasteiger partial charge in [0.25, 0.3) is 0 Å². The average Bonchev–Trinajstić information content (AvgIpc) is 3.26. The molecule has 34 heavy (non-hydrogen) atoms. The number of amides is 1. The molecule has 5 nitrogen and oxygen atoms in total. The molecule has 4 rings (SSSR count). The molecular formula is C29H29NO4. The fourth-order valence-electron chi connectivity index (χ4n) is 3.89. The van der Waals surface area contributed by atoms with Crippen LogP contribution in [-0.2, 0) is 11.3 Å². The minimum atomic E-state index is -0.172. The molecule has 0 saturated carbocycles. The van der Waals surface area contributed by atoms with Crippen molar-refractivity contribution in [3.05, 3.63) is 89.7 Å². The van der Waals surface area contributed by atoms with Gasteiger partial charge in [-0.05, 0) is 55.7 Å². The Morgan fingerprint density at radius 1 is 1.09 bits per heavy atom. The van der Waals surface area contributed by atoms with Crippen molar-refractivity contribution >= 4 is 22.4 Å². The van der Waals surface area contributed by atoms with Gasteiger partial charge in [-0.25, -0.2) is 0 Å². The lowest BCUT2D eigenvalue weighted by atomic mass is 9.98. The van der Waals surface area contributed by atoms with Crippen LogP contribution in [0.2, 0.25) is 0 Å². The Labute approximate surface area is 200 Å². The Morgan fingerprint density at radius 2 is 1.88 bits per heavy atom. The molecule has 174 valence electrons. The van der Waals surface area contributed by atoms with Gasteiger partial charge in [-0.1, -0.05) is 42.0 Å². The lowest BCUT2D eigenvalue weighted by Crippen LogP contribution is -2.20. The topological polar surface area (TPSA) is 60.7 Å². The predicted octanol–water partition coefficient (Wildman–Crippen LogP) is 6.54. The van der Waals surface area contributed by atoms with Gasteiger partial charge in [-0.2, -0.15) is 0 Å². The highest BCUT2D eigenvalue weighted by molar-refractivity contribution is 6.00. The van der Waals surface area contributed by atoms with Crippen molar-refractivity contribution in [3.63, 3.8) is 0 Å². The van der Waals surface area contributed by atoms with Crippen LogP contribution in [0.3, 0.4) is 0 Å². The first kappa shape index (κ1) is 23.2. The molecule has 0 aliphatic rings. The number of hydrogen-bond acceptors (Lipinski definition) is 4. The molecule has 0 aliphatic carbocycles. The van der Waals surface area contributed by atoms with E-state index in [0.29, 0.717) is 18.9 Å². The Balaban J connectivity index is 1.63. The molecular weight excluding hydrogens is 426 g/mol. The molecule has 0 bridgehead atoms. The number of nitrogens with one attached hydrogen (secondary N) is 1. The second-order valence-corrected chi connectivity index (χ2v) is 8.19. The van der Waals surface area contributed by atoms with Gasteiger partial charge in [-0.15, -0.1) is 0 Å². The maximum Gasteiger partial charge on any atom is 0.244 e. The molecule has 0 radical (unpaired) electrons. The number of carbonyl (C=O) groups excluding carboxylic acids is 1. The summed E-state index contributed by atoms with van der Waals surface area (Å²) in [6, 6.07) is 19.9. The van der Waals surface area contributed by atoms with Crippen LogP contribution < -0.4 is 14.8 Å². The van der Waals surface area contributed by atoms with Crippen molar-refractivity contribution < 1.29 is 18.7 Å². The standard InChI is InChI=1S/C29H29NO4/c1-5-33-27-16-28-25(26(18-34-28)22-11-9-19(2)10-12-22)15-24(27)20(3)13-29(31)30-17-21-7-6-8-23(14-21)32-4/h6-16,18H,5,17H2,1-4H3,(H,30,31)/b20-13+. The van der Waals surface area contributed by atoms with E-state index in [1.54, 1.807) is 19.4 Å². The minimum Gasteiger partial charge on any atom is -0.497 e. The van der Waals surface area contributed by atoms with E-state index in [4.69, 9.17) is 13.9 Å². The van der Waals surface area contributed by atoms with E-state index >= 15 is 0 Å². The third kappa shape index (κ3) is 5.15. The molecule has 1 amide bonds. The molecule has 1 heterocycles. The predicted molar refractivity (Wildman–Crippen MR) is 136 cm³/mol. The number of hydrogen-bond donors (Lipinski definition) is 1. The summed E-state index contributed by atoms with van der Waals surface area (Å²) < 4.78 is 17.0. The largest absolute Gasteiger partial charge is 0.497 e. The zero-order valence-corrected chi connectivity index (χ0v) is 20.0. The number of allylic oxidation sites excluding steroid dienone is 1. The number of methoxy groups -OCH3 is 1. The molecule has 0 fully saturated rings. The van der Waals surface area contributed by atoms with E-state index in [1.807, 2.05) is 50.2 Å².